The van der Waals surface area contributed by atoms with Crippen molar-refractivity contribution in [2.24, 2.45) is 0 Å². The minimum atomic E-state index is -4.79. The number of ether oxygens (including phenoxy) is 2. The molecule has 19 heavy (non-hydrogen) atoms. The molecule has 1 aromatic carbocycles. The first-order valence-corrected chi connectivity index (χ1v) is 6.40. The Kier molecular flexibility index (Phi) is 8.03. The third-order valence-electron chi connectivity index (χ3n) is 1.79. The van der Waals surface area contributed by atoms with Crippen LogP contribution in [0.1, 0.15) is 13.8 Å². The quantitative estimate of drug-likeness (QED) is 0.338. The van der Waals surface area contributed by atoms with Crippen molar-refractivity contribution in [3.8, 4) is 11.5 Å². The third-order valence-corrected chi connectivity index (χ3v) is 2.65. The Hall–Kier alpha value is 0.286. The predicted molar refractivity (Wildman–Crippen MR) is 59.0 cm³/mol. The average Bonchev–Trinajstić information content (AvgIpc) is 2.17. The summed E-state index contributed by atoms with van der Waals surface area (Å²) in [6.07, 6.45) is -2.43. The molecular weight excluding hydrogens is 303 g/mol. The molecule has 0 saturated heterocycles. The summed E-state index contributed by atoms with van der Waals surface area (Å²) in [5.41, 5.74) is 0. The standard InChI is InChI=1S/C10H14O7S.K/c1-6(11)16-8-3-4-9(17-7(2)12)10(5-8)18(13,14)15;/h3-7,11-12H,1-2H3,(H,13,14,15);/q;+1/p-1. The van der Waals surface area contributed by atoms with Crippen LogP contribution in [0.2, 0.25) is 0 Å². The molecule has 9 heteroatoms. The van der Waals surface area contributed by atoms with E-state index in [1.54, 1.807) is 0 Å². The molecule has 2 atom stereocenters. The molecule has 7 nitrogen and oxygen atoms in total. The summed E-state index contributed by atoms with van der Waals surface area (Å²) < 4.78 is 42.7. The maximum Gasteiger partial charge on any atom is 1.00 e. The van der Waals surface area contributed by atoms with Crippen LogP contribution in [0.25, 0.3) is 0 Å². The van der Waals surface area contributed by atoms with Crippen LogP contribution in [0.4, 0.5) is 0 Å². The van der Waals surface area contributed by atoms with E-state index in [4.69, 9.17) is 19.7 Å². The Morgan fingerprint density at radius 3 is 2.11 bits per heavy atom. The monoisotopic (exact) mass is 316 g/mol. The van der Waals surface area contributed by atoms with Gasteiger partial charge in [0.25, 0.3) is 0 Å². The number of benzene rings is 1. The molecule has 0 amide bonds. The van der Waals surface area contributed by atoms with Crippen molar-refractivity contribution < 1.29 is 84.0 Å². The fourth-order valence-corrected chi connectivity index (χ4v) is 1.86. The molecule has 0 fully saturated rings. The minimum Gasteiger partial charge on any atom is -0.744 e. The van der Waals surface area contributed by atoms with Crippen LogP contribution in [0, 0.1) is 0 Å². The Morgan fingerprint density at radius 1 is 1.16 bits per heavy atom. The predicted octanol–water partition coefficient (Wildman–Crippen LogP) is -2.97. The Labute approximate surface area is 153 Å². The fraction of sp³-hybridized carbons (Fsp3) is 0.400. The van der Waals surface area contributed by atoms with Crippen LogP contribution in [-0.4, -0.2) is 35.8 Å². The van der Waals surface area contributed by atoms with Gasteiger partial charge in [0.05, 0.1) is 0 Å². The zero-order valence-electron chi connectivity index (χ0n) is 10.7. The number of aliphatic hydroxyl groups is 2. The topological polar surface area (TPSA) is 116 Å². The van der Waals surface area contributed by atoms with Gasteiger partial charge in [-0.25, -0.2) is 8.42 Å². The van der Waals surface area contributed by atoms with Crippen molar-refractivity contribution in [2.75, 3.05) is 0 Å². The van der Waals surface area contributed by atoms with Gasteiger partial charge in [0.1, 0.15) is 26.5 Å². The zero-order chi connectivity index (χ0) is 13.9. The molecule has 1 aromatic rings. The van der Waals surface area contributed by atoms with E-state index in [0.717, 1.165) is 12.1 Å². The van der Waals surface area contributed by atoms with Crippen LogP contribution in [0.5, 0.6) is 11.5 Å². The van der Waals surface area contributed by atoms with Crippen LogP contribution in [0.15, 0.2) is 23.1 Å². The minimum absolute atomic E-state index is 0. The summed E-state index contributed by atoms with van der Waals surface area (Å²) in [5, 5.41) is 18.0. The maximum atomic E-state index is 11.0. The second-order valence-electron chi connectivity index (χ2n) is 3.50. The number of aliphatic hydroxyl groups excluding tert-OH is 2. The van der Waals surface area contributed by atoms with E-state index < -0.39 is 27.6 Å². The van der Waals surface area contributed by atoms with Gasteiger partial charge >= 0.3 is 51.4 Å². The zero-order valence-corrected chi connectivity index (χ0v) is 14.7. The summed E-state index contributed by atoms with van der Waals surface area (Å²) in [7, 11) is -4.79. The van der Waals surface area contributed by atoms with Crippen molar-refractivity contribution >= 4 is 10.1 Å². The molecule has 2 N–H and O–H groups in total. The van der Waals surface area contributed by atoms with Gasteiger partial charge in [-0.1, -0.05) is 0 Å². The Bertz CT molecular complexity index is 513. The molecule has 0 spiro atoms. The van der Waals surface area contributed by atoms with Crippen molar-refractivity contribution in [1.82, 2.24) is 0 Å². The molecule has 0 aliphatic carbocycles. The Morgan fingerprint density at radius 2 is 1.68 bits per heavy atom. The van der Waals surface area contributed by atoms with E-state index in [9.17, 15) is 13.0 Å². The van der Waals surface area contributed by atoms with Crippen LogP contribution >= 0.6 is 0 Å². The van der Waals surface area contributed by atoms with E-state index in [1.807, 2.05) is 0 Å². The molecule has 102 valence electrons. The summed E-state index contributed by atoms with van der Waals surface area (Å²) in [6.45, 7) is 2.59. The van der Waals surface area contributed by atoms with Gasteiger partial charge in [-0.3, -0.25) is 0 Å². The first-order chi connectivity index (χ1) is 8.20. The molecule has 0 saturated carbocycles. The van der Waals surface area contributed by atoms with E-state index in [2.05, 4.69) is 0 Å². The van der Waals surface area contributed by atoms with E-state index in [0.29, 0.717) is 0 Å². The third kappa shape index (κ3) is 6.51. The molecule has 0 radical (unpaired) electrons. The number of rotatable bonds is 5. The van der Waals surface area contributed by atoms with Crippen LogP contribution in [-0.2, 0) is 10.1 Å². The second-order valence-corrected chi connectivity index (χ2v) is 4.85. The van der Waals surface area contributed by atoms with Crippen molar-refractivity contribution in [2.45, 2.75) is 31.3 Å². The van der Waals surface area contributed by atoms with Gasteiger partial charge in [0, 0.05) is 6.07 Å². The summed E-state index contributed by atoms with van der Waals surface area (Å²) in [6, 6.07) is 3.39. The maximum absolute atomic E-state index is 11.0. The molecule has 2 unspecified atom stereocenters. The Balaban J connectivity index is 0.00000324. The summed E-state index contributed by atoms with van der Waals surface area (Å²) in [4.78, 5) is -0.665. The van der Waals surface area contributed by atoms with Crippen LogP contribution < -0.4 is 60.9 Å². The number of hydrogen-bond donors (Lipinski definition) is 2. The molecule has 0 bridgehead atoms. The molecule has 0 aliphatic heterocycles. The molecule has 0 aromatic heterocycles. The molecule has 0 aliphatic rings. The van der Waals surface area contributed by atoms with Gasteiger partial charge in [0.2, 0.25) is 0 Å². The van der Waals surface area contributed by atoms with Crippen molar-refractivity contribution in [1.29, 1.82) is 0 Å². The SMILES string of the molecule is CC(O)Oc1ccc(OC(C)O)c(S(=O)(=O)[O-])c1.[K+]. The molecule has 0 heterocycles. The molecular formula is C10H13KO7S. The van der Waals surface area contributed by atoms with Gasteiger partial charge in [-0.15, -0.1) is 0 Å². The molecule has 1 rings (SSSR count). The van der Waals surface area contributed by atoms with E-state index >= 15 is 0 Å². The van der Waals surface area contributed by atoms with Gasteiger partial charge in [-0.05, 0) is 26.0 Å². The van der Waals surface area contributed by atoms with Crippen molar-refractivity contribution in [3.05, 3.63) is 18.2 Å². The first-order valence-electron chi connectivity index (χ1n) is 4.99. The van der Waals surface area contributed by atoms with Gasteiger partial charge < -0.3 is 24.2 Å². The first kappa shape index (κ1) is 19.3. The van der Waals surface area contributed by atoms with E-state index in [-0.39, 0.29) is 62.9 Å². The summed E-state index contributed by atoms with van der Waals surface area (Å²) in [5.74, 6) is -0.282. The van der Waals surface area contributed by atoms with Gasteiger partial charge in [0.15, 0.2) is 12.6 Å². The average molecular weight is 316 g/mol. The van der Waals surface area contributed by atoms with Crippen LogP contribution in [0.3, 0.4) is 0 Å². The normalized spacial score (nSPS) is 14.2. The largest absolute Gasteiger partial charge is 1.00 e. The van der Waals surface area contributed by atoms with Crippen molar-refractivity contribution in [3.63, 3.8) is 0 Å². The van der Waals surface area contributed by atoms with E-state index in [1.165, 1.54) is 19.9 Å². The fourth-order valence-electron chi connectivity index (χ4n) is 1.24. The van der Waals surface area contributed by atoms with Gasteiger partial charge in [-0.2, -0.15) is 0 Å². The number of hydrogen-bond acceptors (Lipinski definition) is 7. The second kappa shape index (κ2) is 7.91. The summed E-state index contributed by atoms with van der Waals surface area (Å²) >= 11 is 0. The smallest absolute Gasteiger partial charge is 0.744 e.